The van der Waals surface area contributed by atoms with Crippen LogP contribution < -0.4 is 21.7 Å². The lowest BCUT2D eigenvalue weighted by Crippen LogP contribution is -2.61. The Hall–Kier alpha value is -2.65. The molecule has 3 saturated carbocycles. The molecular formula is C33H55N5O5. The Labute approximate surface area is 257 Å². The first-order valence-electron chi connectivity index (χ1n) is 16.4. The van der Waals surface area contributed by atoms with Crippen LogP contribution in [0.25, 0.3) is 0 Å². The fourth-order valence-electron chi connectivity index (χ4n) is 8.42. The van der Waals surface area contributed by atoms with Gasteiger partial charge >= 0.3 is 6.03 Å². The van der Waals surface area contributed by atoms with Crippen LogP contribution in [0, 0.1) is 34.5 Å². The van der Waals surface area contributed by atoms with Gasteiger partial charge in [-0.3, -0.25) is 19.2 Å². The molecule has 0 aromatic carbocycles. The summed E-state index contributed by atoms with van der Waals surface area (Å²) in [5.41, 5.74) is 4.75. The van der Waals surface area contributed by atoms with Crippen molar-refractivity contribution in [2.45, 2.75) is 136 Å². The summed E-state index contributed by atoms with van der Waals surface area (Å²) in [7, 11) is 0. The first kappa shape index (κ1) is 33.2. The average molecular weight is 602 g/mol. The summed E-state index contributed by atoms with van der Waals surface area (Å²) in [6, 6.07) is -2.89. The van der Waals surface area contributed by atoms with E-state index in [-0.39, 0.29) is 46.4 Å². The smallest absolute Gasteiger partial charge is 0.315 e. The molecule has 5 N–H and O–H groups in total. The minimum Gasteiger partial charge on any atom is -0.363 e. The Morgan fingerprint density at radius 1 is 0.907 bits per heavy atom. The Balaban J connectivity index is 1.54. The van der Waals surface area contributed by atoms with Crippen LogP contribution in [0.3, 0.4) is 0 Å². The number of nitrogens with zero attached hydrogens (tertiary/aromatic N) is 1. The number of hydrogen-bond acceptors (Lipinski definition) is 5. The SMILES string of the molecule is CC(C)(C)CC(C)(C)NC(=O)N[C@H](C(=O)N1C[C@H]2[C@@H]([C@H]1C(=O)NC(CC1CCC1)C(=O)C(N)=O)C2(C)C)C1CCCCC1. The number of ketones is 1. The lowest BCUT2D eigenvalue weighted by molar-refractivity contribution is -0.144. The summed E-state index contributed by atoms with van der Waals surface area (Å²) in [5, 5.41) is 8.98. The molecule has 4 rings (SSSR count). The summed E-state index contributed by atoms with van der Waals surface area (Å²) in [6.45, 7) is 15.0. The molecular weight excluding hydrogens is 546 g/mol. The van der Waals surface area contributed by atoms with E-state index in [0.717, 1.165) is 57.8 Å². The Morgan fingerprint density at radius 3 is 2.07 bits per heavy atom. The number of primary amides is 1. The van der Waals surface area contributed by atoms with Gasteiger partial charge in [0.15, 0.2) is 0 Å². The van der Waals surface area contributed by atoms with Crippen molar-refractivity contribution in [2.24, 2.45) is 40.2 Å². The number of fused-ring (bicyclic) bond motifs is 1. The Bertz CT molecular complexity index is 1100. The number of carbonyl (C=O) groups is 5. The standard InChI is InChI=1S/C33H55N5O5/c1-31(2,3)18-32(4,5)37-30(43)36-24(20-14-9-8-10-15-20)29(42)38-17-21-23(33(21,6)7)25(38)28(41)35-22(26(39)27(34)40)16-19-12-11-13-19/h19-25H,8-18H2,1-7H3,(H2,34,40)(H,35,41)(H2,36,37,43)/t21-,22?,23-,24-,25-/m0/s1. The lowest BCUT2D eigenvalue weighted by atomic mass is 9.80. The van der Waals surface area contributed by atoms with E-state index in [1.54, 1.807) is 4.90 Å². The van der Waals surface area contributed by atoms with Gasteiger partial charge in [0.2, 0.25) is 17.6 Å². The highest BCUT2D eigenvalue weighted by Crippen LogP contribution is 2.65. The summed E-state index contributed by atoms with van der Waals surface area (Å²) in [6.07, 6.45) is 8.86. The van der Waals surface area contributed by atoms with Gasteiger partial charge in [-0.2, -0.15) is 0 Å². The third-order valence-corrected chi connectivity index (χ3v) is 10.5. The molecule has 1 unspecified atom stereocenters. The second kappa shape index (κ2) is 12.4. The van der Waals surface area contributed by atoms with Gasteiger partial charge in [0.05, 0.1) is 6.04 Å². The van der Waals surface area contributed by atoms with Gasteiger partial charge in [-0.1, -0.05) is 73.1 Å². The molecule has 1 aliphatic heterocycles. The largest absolute Gasteiger partial charge is 0.363 e. The van der Waals surface area contributed by atoms with Crippen molar-refractivity contribution in [1.82, 2.24) is 20.9 Å². The first-order valence-corrected chi connectivity index (χ1v) is 16.4. The van der Waals surface area contributed by atoms with Crippen molar-refractivity contribution in [3.8, 4) is 0 Å². The third-order valence-electron chi connectivity index (χ3n) is 10.5. The van der Waals surface area contributed by atoms with E-state index in [4.69, 9.17) is 5.73 Å². The van der Waals surface area contributed by atoms with E-state index in [1.807, 2.05) is 13.8 Å². The highest BCUT2D eigenvalue weighted by molar-refractivity contribution is 6.37. The number of carbonyl (C=O) groups excluding carboxylic acids is 5. The topological polar surface area (TPSA) is 151 Å². The molecule has 0 aromatic rings. The van der Waals surface area contributed by atoms with Crippen LogP contribution in [0.4, 0.5) is 4.79 Å². The fraction of sp³-hybridized carbons (Fsp3) is 0.848. The highest BCUT2D eigenvalue weighted by Gasteiger charge is 2.69. The third kappa shape index (κ3) is 7.72. The van der Waals surface area contributed by atoms with Gasteiger partial charge in [0, 0.05) is 12.1 Å². The minimum atomic E-state index is -1.06. The molecule has 0 spiro atoms. The van der Waals surface area contributed by atoms with Crippen LogP contribution in [0.5, 0.6) is 0 Å². The Kier molecular flexibility index (Phi) is 9.58. The maximum absolute atomic E-state index is 14.4. The van der Waals surface area contributed by atoms with Crippen molar-refractivity contribution >= 4 is 29.5 Å². The number of Topliss-reactive ketones (excluding diaryl/α,β-unsaturated/α-hetero) is 1. The number of rotatable bonds is 11. The molecule has 10 heteroatoms. The van der Waals surface area contributed by atoms with Gasteiger partial charge in [-0.05, 0) is 74.0 Å². The van der Waals surface area contributed by atoms with E-state index in [2.05, 4.69) is 50.6 Å². The summed E-state index contributed by atoms with van der Waals surface area (Å²) in [5.74, 6) is -2.17. The zero-order valence-electron chi connectivity index (χ0n) is 27.4. The minimum absolute atomic E-state index is 0.00568. The van der Waals surface area contributed by atoms with Crippen LogP contribution >= 0.6 is 0 Å². The van der Waals surface area contributed by atoms with Gasteiger partial charge in [-0.15, -0.1) is 0 Å². The molecule has 4 fully saturated rings. The second-order valence-electron chi connectivity index (χ2n) is 16.3. The summed E-state index contributed by atoms with van der Waals surface area (Å²) < 4.78 is 0. The van der Waals surface area contributed by atoms with Crippen molar-refractivity contribution in [2.75, 3.05) is 6.54 Å². The molecule has 5 amide bonds. The quantitative estimate of drug-likeness (QED) is 0.267. The lowest BCUT2D eigenvalue weighted by Gasteiger charge is -2.38. The highest BCUT2D eigenvalue weighted by atomic mass is 16.2. The van der Waals surface area contributed by atoms with Crippen LogP contribution in [0.2, 0.25) is 0 Å². The molecule has 43 heavy (non-hydrogen) atoms. The molecule has 0 bridgehead atoms. The number of nitrogens with two attached hydrogens (primary N) is 1. The molecule has 5 atom stereocenters. The maximum Gasteiger partial charge on any atom is 0.315 e. The van der Waals surface area contributed by atoms with Crippen LogP contribution in [-0.4, -0.2) is 64.6 Å². The number of amides is 5. The predicted molar refractivity (Wildman–Crippen MR) is 165 cm³/mol. The van der Waals surface area contributed by atoms with Crippen LogP contribution in [0.15, 0.2) is 0 Å². The van der Waals surface area contributed by atoms with Gasteiger partial charge < -0.3 is 26.6 Å². The molecule has 1 saturated heterocycles. The molecule has 10 nitrogen and oxygen atoms in total. The maximum atomic E-state index is 14.4. The van der Waals surface area contributed by atoms with Gasteiger partial charge in [0.25, 0.3) is 5.91 Å². The van der Waals surface area contributed by atoms with Gasteiger partial charge in [-0.25, -0.2) is 4.79 Å². The van der Waals surface area contributed by atoms with E-state index in [9.17, 15) is 24.0 Å². The van der Waals surface area contributed by atoms with Gasteiger partial charge in [0.1, 0.15) is 12.1 Å². The Morgan fingerprint density at radius 2 is 1.53 bits per heavy atom. The van der Waals surface area contributed by atoms with E-state index in [0.29, 0.717) is 13.0 Å². The summed E-state index contributed by atoms with van der Waals surface area (Å²) in [4.78, 5) is 67.9. The number of piperidine rings is 1. The molecule has 242 valence electrons. The average Bonchev–Trinajstić information content (AvgIpc) is 3.19. The zero-order chi connectivity index (χ0) is 31.9. The predicted octanol–water partition coefficient (Wildman–Crippen LogP) is 3.66. The number of likely N-dealkylation sites (tertiary alicyclic amines) is 1. The van der Waals surface area contributed by atoms with Crippen molar-refractivity contribution in [1.29, 1.82) is 0 Å². The molecule has 1 heterocycles. The second-order valence-corrected chi connectivity index (χ2v) is 16.3. The zero-order valence-corrected chi connectivity index (χ0v) is 27.4. The van der Waals surface area contributed by atoms with Crippen molar-refractivity contribution in [3.05, 3.63) is 0 Å². The molecule has 0 radical (unpaired) electrons. The molecule has 3 aliphatic carbocycles. The summed E-state index contributed by atoms with van der Waals surface area (Å²) >= 11 is 0. The first-order chi connectivity index (χ1) is 19.9. The molecule has 0 aromatic heterocycles. The number of urea groups is 1. The fourth-order valence-corrected chi connectivity index (χ4v) is 8.42. The van der Waals surface area contributed by atoms with Crippen molar-refractivity contribution < 1.29 is 24.0 Å². The van der Waals surface area contributed by atoms with E-state index >= 15 is 0 Å². The monoisotopic (exact) mass is 601 g/mol. The molecule has 4 aliphatic rings. The number of nitrogens with one attached hydrogen (secondary N) is 3. The normalized spacial score (nSPS) is 26.9. The van der Waals surface area contributed by atoms with Crippen LogP contribution in [0.1, 0.15) is 113 Å². The van der Waals surface area contributed by atoms with E-state index in [1.165, 1.54) is 0 Å². The van der Waals surface area contributed by atoms with E-state index < -0.39 is 41.3 Å². The van der Waals surface area contributed by atoms with Crippen LogP contribution in [-0.2, 0) is 19.2 Å². The van der Waals surface area contributed by atoms with Crippen molar-refractivity contribution in [3.63, 3.8) is 0 Å². The number of hydrogen-bond donors (Lipinski definition) is 4.